The number of carbonyl (C=O) groups excluding carboxylic acids is 1. The monoisotopic (exact) mass is 403 g/mol. The van der Waals surface area contributed by atoms with Gasteiger partial charge >= 0.3 is 0 Å². The first kappa shape index (κ1) is 18.8. The number of nitrogens with zero attached hydrogens (tertiary/aromatic N) is 1. The molecule has 0 unspecified atom stereocenters. The van der Waals surface area contributed by atoms with Crippen LogP contribution in [-0.4, -0.2) is 41.2 Å². The van der Waals surface area contributed by atoms with E-state index in [0.29, 0.717) is 36.5 Å². The van der Waals surface area contributed by atoms with Crippen LogP contribution in [0.5, 0.6) is 5.75 Å². The fraction of sp³-hybridized carbons (Fsp3) is 0.286. The normalized spacial score (nSPS) is 20.2. The Bertz CT molecular complexity index is 1000. The van der Waals surface area contributed by atoms with Crippen LogP contribution in [0, 0.1) is 5.82 Å². The number of likely N-dealkylation sites (tertiary alicyclic amines) is 1. The number of fused-ring (bicyclic) bond motifs is 1. The van der Waals surface area contributed by atoms with Gasteiger partial charge in [-0.2, -0.15) is 0 Å². The number of amides is 1. The molecular weight excluding hydrogens is 385 g/mol. The lowest BCUT2D eigenvalue weighted by Crippen LogP contribution is -2.32. The molecule has 28 heavy (non-hydrogen) atoms. The first-order chi connectivity index (χ1) is 13.5. The predicted molar refractivity (Wildman–Crippen MR) is 103 cm³/mol. The zero-order valence-electron chi connectivity index (χ0n) is 15.0. The van der Waals surface area contributed by atoms with E-state index in [4.69, 9.17) is 20.8 Å². The molecule has 1 aliphatic heterocycles. The van der Waals surface area contributed by atoms with E-state index in [9.17, 15) is 14.3 Å². The van der Waals surface area contributed by atoms with Gasteiger partial charge in [-0.1, -0.05) is 23.7 Å². The van der Waals surface area contributed by atoms with E-state index in [1.807, 2.05) is 0 Å². The van der Waals surface area contributed by atoms with Gasteiger partial charge in [-0.05, 0) is 42.8 Å². The average molecular weight is 404 g/mol. The number of hydrogen-bond donors (Lipinski definition) is 1. The highest BCUT2D eigenvalue weighted by atomic mass is 35.5. The molecular formula is C21H19ClFNO4. The maximum atomic E-state index is 13.8. The van der Waals surface area contributed by atoms with E-state index in [-0.39, 0.29) is 17.4 Å². The summed E-state index contributed by atoms with van der Waals surface area (Å²) in [4.78, 5) is 14.5. The van der Waals surface area contributed by atoms with Gasteiger partial charge in [-0.25, -0.2) is 4.39 Å². The van der Waals surface area contributed by atoms with Crippen molar-refractivity contribution in [1.82, 2.24) is 4.90 Å². The molecule has 2 heterocycles. The number of rotatable bonds is 3. The Morgan fingerprint density at radius 3 is 2.79 bits per heavy atom. The lowest BCUT2D eigenvalue weighted by atomic mass is 10.1. The molecule has 3 aromatic rings. The number of aliphatic hydroxyl groups excluding tert-OH is 1. The van der Waals surface area contributed by atoms with Crippen LogP contribution in [-0.2, 0) is 0 Å². The lowest BCUT2D eigenvalue weighted by molar-refractivity contribution is 0.0328. The highest BCUT2D eigenvalue weighted by molar-refractivity contribution is 6.31. The van der Waals surface area contributed by atoms with E-state index in [1.54, 1.807) is 41.3 Å². The van der Waals surface area contributed by atoms with E-state index < -0.39 is 18.0 Å². The number of halogens is 2. The van der Waals surface area contributed by atoms with Crippen LogP contribution in [0.1, 0.15) is 23.4 Å². The van der Waals surface area contributed by atoms with Gasteiger partial charge in [0.1, 0.15) is 11.7 Å². The summed E-state index contributed by atoms with van der Waals surface area (Å²) in [6.07, 6.45) is -0.680. The Morgan fingerprint density at radius 1 is 1.18 bits per heavy atom. The molecule has 146 valence electrons. The van der Waals surface area contributed by atoms with E-state index in [0.717, 1.165) is 5.39 Å². The molecule has 1 saturated heterocycles. The third kappa shape index (κ3) is 3.84. The summed E-state index contributed by atoms with van der Waals surface area (Å²) in [7, 11) is 0. The van der Waals surface area contributed by atoms with Crippen molar-refractivity contribution in [2.24, 2.45) is 0 Å². The summed E-state index contributed by atoms with van der Waals surface area (Å²) in [6.45, 7) is 0.724. The highest BCUT2D eigenvalue weighted by Crippen LogP contribution is 2.26. The molecule has 0 spiro atoms. The summed E-state index contributed by atoms with van der Waals surface area (Å²) in [5, 5.41) is 11.7. The maximum absolute atomic E-state index is 13.8. The molecule has 0 aliphatic carbocycles. The SMILES string of the molecule is O=C(c1cc2cc(Cl)ccc2o1)N1CC[C@H](Oc2ccccc2F)[C@@H](O)CC1. The molecule has 2 atom stereocenters. The molecule has 4 rings (SSSR count). The fourth-order valence-corrected chi connectivity index (χ4v) is 3.56. The van der Waals surface area contributed by atoms with Crippen LogP contribution >= 0.6 is 11.6 Å². The van der Waals surface area contributed by atoms with Crippen molar-refractivity contribution in [3.05, 3.63) is 65.1 Å². The van der Waals surface area contributed by atoms with Gasteiger partial charge in [0, 0.05) is 29.9 Å². The van der Waals surface area contributed by atoms with Crippen LogP contribution in [0.2, 0.25) is 5.02 Å². The molecule has 0 radical (unpaired) electrons. The summed E-state index contributed by atoms with van der Waals surface area (Å²) in [5.74, 6) is -0.417. The zero-order chi connectivity index (χ0) is 19.7. The molecule has 0 saturated carbocycles. The van der Waals surface area contributed by atoms with Gasteiger partial charge in [0.05, 0.1) is 6.10 Å². The number of ether oxygens (including phenoxy) is 1. The zero-order valence-corrected chi connectivity index (χ0v) is 15.7. The van der Waals surface area contributed by atoms with Crippen molar-refractivity contribution in [2.45, 2.75) is 25.0 Å². The second-order valence-electron chi connectivity index (χ2n) is 6.82. The first-order valence-electron chi connectivity index (χ1n) is 9.09. The molecule has 1 aliphatic rings. The smallest absolute Gasteiger partial charge is 0.289 e. The predicted octanol–water partition coefficient (Wildman–Crippen LogP) is 4.27. The van der Waals surface area contributed by atoms with E-state index in [2.05, 4.69) is 0 Å². The van der Waals surface area contributed by atoms with Gasteiger partial charge < -0.3 is 19.2 Å². The molecule has 7 heteroatoms. The second-order valence-corrected chi connectivity index (χ2v) is 7.25. The molecule has 2 aromatic carbocycles. The maximum Gasteiger partial charge on any atom is 0.289 e. The van der Waals surface area contributed by atoms with Crippen molar-refractivity contribution in [2.75, 3.05) is 13.1 Å². The van der Waals surface area contributed by atoms with Crippen LogP contribution in [0.15, 0.2) is 52.9 Å². The Morgan fingerprint density at radius 2 is 1.96 bits per heavy atom. The summed E-state index contributed by atoms with van der Waals surface area (Å²) >= 11 is 5.98. The third-order valence-corrected chi connectivity index (χ3v) is 5.13. The van der Waals surface area contributed by atoms with E-state index >= 15 is 0 Å². The number of aliphatic hydroxyl groups is 1. The minimum atomic E-state index is -0.799. The Hall–Kier alpha value is -2.57. The number of carbonyl (C=O) groups is 1. The summed E-state index contributed by atoms with van der Waals surface area (Å²) in [6, 6.07) is 12.9. The Balaban J connectivity index is 1.47. The number of benzene rings is 2. The van der Waals surface area contributed by atoms with Crippen LogP contribution in [0.25, 0.3) is 11.0 Å². The van der Waals surface area contributed by atoms with Crippen LogP contribution < -0.4 is 4.74 Å². The Kier molecular flexibility index (Phi) is 5.24. The second kappa shape index (κ2) is 7.81. The minimum absolute atomic E-state index is 0.0977. The molecule has 5 nitrogen and oxygen atoms in total. The summed E-state index contributed by atoms with van der Waals surface area (Å²) in [5.41, 5.74) is 0.586. The Labute approximate surface area is 166 Å². The minimum Gasteiger partial charge on any atom is -0.485 e. The standard InChI is InChI=1S/C21H19ClFNO4/c22-14-5-6-17-13(11-14)12-20(27-17)21(26)24-9-7-16(25)19(8-10-24)28-18-4-2-1-3-15(18)23/h1-6,11-12,16,19,25H,7-10H2/t16-,19-/m0/s1. The van der Waals surface area contributed by atoms with Gasteiger partial charge in [-0.15, -0.1) is 0 Å². The highest BCUT2D eigenvalue weighted by Gasteiger charge is 2.30. The van der Waals surface area contributed by atoms with Crippen molar-refractivity contribution < 1.29 is 23.4 Å². The topological polar surface area (TPSA) is 62.9 Å². The van der Waals surface area contributed by atoms with Gasteiger partial charge in [0.15, 0.2) is 17.3 Å². The average Bonchev–Trinajstić information content (AvgIpc) is 3.02. The van der Waals surface area contributed by atoms with Crippen LogP contribution in [0.3, 0.4) is 0 Å². The molecule has 1 fully saturated rings. The summed E-state index contributed by atoms with van der Waals surface area (Å²) < 4.78 is 25.2. The first-order valence-corrected chi connectivity index (χ1v) is 9.46. The fourth-order valence-electron chi connectivity index (χ4n) is 3.38. The number of para-hydroxylation sites is 1. The molecule has 0 bridgehead atoms. The van der Waals surface area contributed by atoms with Gasteiger partial charge in [0.25, 0.3) is 5.91 Å². The van der Waals surface area contributed by atoms with E-state index in [1.165, 1.54) is 12.1 Å². The molecule has 1 aromatic heterocycles. The largest absolute Gasteiger partial charge is 0.485 e. The molecule has 1 N–H and O–H groups in total. The van der Waals surface area contributed by atoms with Crippen molar-refractivity contribution in [3.63, 3.8) is 0 Å². The van der Waals surface area contributed by atoms with Crippen molar-refractivity contribution in [3.8, 4) is 5.75 Å². The van der Waals surface area contributed by atoms with Crippen molar-refractivity contribution >= 4 is 28.5 Å². The molecule has 1 amide bonds. The van der Waals surface area contributed by atoms with Crippen LogP contribution in [0.4, 0.5) is 4.39 Å². The lowest BCUT2D eigenvalue weighted by Gasteiger charge is -2.21. The number of hydrogen-bond acceptors (Lipinski definition) is 4. The third-order valence-electron chi connectivity index (χ3n) is 4.90. The van der Waals surface area contributed by atoms with Gasteiger partial charge in [0.2, 0.25) is 0 Å². The quantitative estimate of drug-likeness (QED) is 0.709. The van der Waals surface area contributed by atoms with Crippen molar-refractivity contribution in [1.29, 1.82) is 0 Å². The van der Waals surface area contributed by atoms with Gasteiger partial charge in [-0.3, -0.25) is 4.79 Å². The number of furan rings is 1.